The van der Waals surface area contributed by atoms with Crippen LogP contribution in [0.4, 0.5) is 0 Å². The van der Waals surface area contributed by atoms with Crippen molar-refractivity contribution in [3.63, 3.8) is 0 Å². The molecule has 0 saturated carbocycles. The Hall–Kier alpha value is -2.26. The van der Waals surface area contributed by atoms with E-state index in [1.165, 1.54) is 40.4 Å². The van der Waals surface area contributed by atoms with E-state index >= 15 is 0 Å². The molecule has 0 atom stereocenters. The van der Waals surface area contributed by atoms with Crippen molar-refractivity contribution in [2.24, 2.45) is 0 Å². The Balaban J connectivity index is 1.96. The van der Waals surface area contributed by atoms with E-state index in [1.54, 1.807) is 6.92 Å². The van der Waals surface area contributed by atoms with Gasteiger partial charge in [0.15, 0.2) is 12.4 Å². The summed E-state index contributed by atoms with van der Waals surface area (Å²) in [6.07, 6.45) is 0.196. The number of hydrogen-bond donors (Lipinski definition) is 0. The van der Waals surface area contributed by atoms with Gasteiger partial charge in [0.05, 0.1) is 4.90 Å². The number of nitrogens with zero attached hydrogens (tertiary/aromatic N) is 2. The summed E-state index contributed by atoms with van der Waals surface area (Å²) in [4.78, 5) is 36.0. The van der Waals surface area contributed by atoms with Crippen molar-refractivity contribution >= 4 is 27.7 Å². The van der Waals surface area contributed by atoms with E-state index in [1.807, 2.05) is 0 Å². The summed E-state index contributed by atoms with van der Waals surface area (Å²) in [6.45, 7) is 3.50. The van der Waals surface area contributed by atoms with E-state index in [0.29, 0.717) is 5.56 Å². The molecule has 26 heavy (non-hydrogen) atoms. The van der Waals surface area contributed by atoms with Crippen molar-refractivity contribution in [3.05, 3.63) is 29.8 Å². The second-order valence-corrected chi connectivity index (χ2v) is 7.82. The van der Waals surface area contributed by atoms with Crippen LogP contribution in [-0.2, 0) is 24.3 Å². The van der Waals surface area contributed by atoms with Crippen LogP contribution < -0.4 is 0 Å². The van der Waals surface area contributed by atoms with Crippen molar-refractivity contribution in [1.82, 2.24) is 9.21 Å². The average Bonchev–Trinajstić information content (AvgIpc) is 2.65. The molecule has 1 aromatic carbocycles. The Labute approximate surface area is 152 Å². The third-order valence-electron chi connectivity index (χ3n) is 4.14. The highest BCUT2D eigenvalue weighted by atomic mass is 32.2. The quantitative estimate of drug-likeness (QED) is 0.530. The van der Waals surface area contributed by atoms with Gasteiger partial charge < -0.3 is 9.64 Å². The van der Waals surface area contributed by atoms with Crippen LogP contribution in [0.1, 0.15) is 30.6 Å². The minimum Gasteiger partial charge on any atom is -0.456 e. The largest absolute Gasteiger partial charge is 0.456 e. The van der Waals surface area contributed by atoms with Crippen LogP contribution in [0.2, 0.25) is 0 Å². The van der Waals surface area contributed by atoms with Crippen molar-refractivity contribution in [1.29, 1.82) is 0 Å². The lowest BCUT2D eigenvalue weighted by atomic mass is 10.2. The van der Waals surface area contributed by atoms with Gasteiger partial charge in [-0.3, -0.25) is 14.4 Å². The lowest BCUT2D eigenvalue weighted by molar-refractivity contribution is -0.152. The van der Waals surface area contributed by atoms with Crippen LogP contribution >= 0.6 is 0 Å². The molecule has 1 aliphatic heterocycles. The number of carbonyl (C=O) groups excluding carboxylic acids is 3. The number of sulfonamides is 1. The number of ether oxygens (including phenoxy) is 1. The second kappa shape index (κ2) is 8.41. The van der Waals surface area contributed by atoms with Crippen LogP contribution in [0.5, 0.6) is 0 Å². The Morgan fingerprint density at radius 1 is 1.04 bits per heavy atom. The predicted octanol–water partition coefficient (Wildman–Crippen LogP) is 0.675. The number of piperazine rings is 1. The minimum atomic E-state index is -3.68. The number of amides is 1. The summed E-state index contributed by atoms with van der Waals surface area (Å²) < 4.78 is 31.4. The molecule has 1 amide bonds. The molecule has 142 valence electrons. The van der Waals surface area contributed by atoms with Gasteiger partial charge in [-0.05, 0) is 19.1 Å². The van der Waals surface area contributed by atoms with Crippen molar-refractivity contribution in [2.75, 3.05) is 32.8 Å². The Morgan fingerprint density at radius 2 is 1.62 bits per heavy atom. The molecule has 1 heterocycles. The molecule has 0 aromatic heterocycles. The maximum absolute atomic E-state index is 12.7. The molecule has 0 radical (unpaired) electrons. The fourth-order valence-corrected chi connectivity index (χ4v) is 3.95. The monoisotopic (exact) mass is 382 g/mol. The van der Waals surface area contributed by atoms with E-state index in [9.17, 15) is 22.8 Å². The Morgan fingerprint density at radius 3 is 2.12 bits per heavy atom. The maximum Gasteiger partial charge on any atom is 0.306 e. The third kappa shape index (κ3) is 4.67. The summed E-state index contributed by atoms with van der Waals surface area (Å²) in [5.74, 6) is -0.923. The van der Waals surface area contributed by atoms with Gasteiger partial charge in [0.1, 0.15) is 0 Å². The summed E-state index contributed by atoms with van der Waals surface area (Å²) in [5.41, 5.74) is 0.445. The van der Waals surface area contributed by atoms with Gasteiger partial charge in [-0.2, -0.15) is 4.31 Å². The fraction of sp³-hybridized carbons (Fsp3) is 0.471. The standard InChI is InChI=1S/C17H22N2O6S/c1-3-17(22)25-12-16(21)18-8-10-19(11-9-18)26(23,24)15-6-4-14(5-7-15)13(2)20/h4-7H,3,8-12H2,1-2H3. The highest BCUT2D eigenvalue weighted by Gasteiger charge is 2.30. The van der Waals surface area contributed by atoms with E-state index in [-0.39, 0.29) is 55.8 Å². The molecular formula is C17H22N2O6S. The lowest BCUT2D eigenvalue weighted by Crippen LogP contribution is -2.51. The molecule has 0 N–H and O–H groups in total. The first-order valence-electron chi connectivity index (χ1n) is 8.30. The number of hydrogen-bond acceptors (Lipinski definition) is 6. The van der Waals surface area contributed by atoms with E-state index in [4.69, 9.17) is 4.74 Å². The van der Waals surface area contributed by atoms with Crippen molar-refractivity contribution < 1.29 is 27.5 Å². The fourth-order valence-electron chi connectivity index (χ4n) is 2.52. The van der Waals surface area contributed by atoms with Crippen LogP contribution in [0.3, 0.4) is 0 Å². The van der Waals surface area contributed by atoms with Gasteiger partial charge in [-0.15, -0.1) is 0 Å². The van der Waals surface area contributed by atoms with Gasteiger partial charge in [-0.25, -0.2) is 8.42 Å². The smallest absolute Gasteiger partial charge is 0.306 e. The Bertz CT molecular complexity index is 780. The van der Waals surface area contributed by atoms with Crippen LogP contribution in [-0.4, -0.2) is 68.1 Å². The summed E-state index contributed by atoms with van der Waals surface area (Å²) >= 11 is 0. The molecule has 9 heteroatoms. The first kappa shape index (κ1) is 20.1. The molecule has 0 unspecified atom stereocenters. The minimum absolute atomic E-state index is 0.110. The zero-order valence-corrected chi connectivity index (χ0v) is 15.6. The van der Waals surface area contributed by atoms with E-state index < -0.39 is 16.0 Å². The zero-order valence-electron chi connectivity index (χ0n) is 14.8. The number of carbonyl (C=O) groups is 3. The molecule has 8 nitrogen and oxygen atoms in total. The van der Waals surface area contributed by atoms with Gasteiger partial charge >= 0.3 is 5.97 Å². The molecular weight excluding hydrogens is 360 g/mol. The number of Topliss-reactive ketones (excluding diaryl/α,β-unsaturated/α-hetero) is 1. The van der Waals surface area contributed by atoms with Crippen molar-refractivity contribution in [3.8, 4) is 0 Å². The van der Waals surface area contributed by atoms with E-state index in [0.717, 1.165) is 0 Å². The topological polar surface area (TPSA) is 101 Å². The summed E-state index contributed by atoms with van der Waals surface area (Å²) in [7, 11) is -3.68. The number of esters is 1. The van der Waals surface area contributed by atoms with Crippen LogP contribution in [0.25, 0.3) is 0 Å². The molecule has 0 bridgehead atoms. The highest BCUT2D eigenvalue weighted by Crippen LogP contribution is 2.18. The molecule has 0 spiro atoms. The lowest BCUT2D eigenvalue weighted by Gasteiger charge is -2.33. The maximum atomic E-state index is 12.7. The molecule has 1 saturated heterocycles. The predicted molar refractivity (Wildman–Crippen MR) is 93.0 cm³/mol. The van der Waals surface area contributed by atoms with Crippen LogP contribution in [0.15, 0.2) is 29.2 Å². The second-order valence-electron chi connectivity index (χ2n) is 5.88. The van der Waals surface area contributed by atoms with E-state index in [2.05, 4.69) is 0 Å². The zero-order chi connectivity index (χ0) is 19.3. The summed E-state index contributed by atoms with van der Waals surface area (Å²) in [5, 5.41) is 0. The van der Waals surface area contributed by atoms with Gasteiger partial charge in [0.2, 0.25) is 10.0 Å². The van der Waals surface area contributed by atoms with Gasteiger partial charge in [0.25, 0.3) is 5.91 Å². The molecule has 1 aromatic rings. The molecule has 0 aliphatic carbocycles. The van der Waals surface area contributed by atoms with Gasteiger partial charge in [0, 0.05) is 38.2 Å². The third-order valence-corrected chi connectivity index (χ3v) is 6.05. The number of benzene rings is 1. The highest BCUT2D eigenvalue weighted by molar-refractivity contribution is 7.89. The average molecular weight is 382 g/mol. The van der Waals surface area contributed by atoms with Gasteiger partial charge in [-0.1, -0.05) is 19.1 Å². The first-order chi connectivity index (χ1) is 12.3. The Kier molecular flexibility index (Phi) is 6.49. The number of ketones is 1. The SMILES string of the molecule is CCC(=O)OCC(=O)N1CCN(S(=O)(=O)c2ccc(C(C)=O)cc2)CC1. The summed E-state index contributed by atoms with van der Waals surface area (Å²) in [6, 6.07) is 5.79. The molecule has 2 rings (SSSR count). The molecule has 1 aliphatic rings. The first-order valence-corrected chi connectivity index (χ1v) is 9.74. The number of rotatable bonds is 6. The normalized spacial score (nSPS) is 15.5. The molecule has 1 fully saturated rings. The van der Waals surface area contributed by atoms with Crippen LogP contribution in [0, 0.1) is 0 Å². The van der Waals surface area contributed by atoms with Crippen molar-refractivity contribution in [2.45, 2.75) is 25.2 Å².